The van der Waals surface area contributed by atoms with Gasteiger partial charge in [-0.3, -0.25) is 4.79 Å². The zero-order valence-electron chi connectivity index (χ0n) is 21.1. The topological polar surface area (TPSA) is 100 Å². The molecule has 3 atom stereocenters. The number of amides is 1. The molecule has 3 aromatic heterocycles. The fourth-order valence-electron chi connectivity index (χ4n) is 4.57. The number of aryl methyl sites for hydroxylation is 1. The maximum absolute atomic E-state index is 12.7. The molecule has 190 valence electrons. The van der Waals surface area contributed by atoms with Crippen LogP contribution in [0.4, 0.5) is 5.82 Å². The molecule has 1 aliphatic rings. The maximum Gasteiger partial charge on any atom is 0.233 e. The van der Waals surface area contributed by atoms with Gasteiger partial charge < -0.3 is 14.6 Å². The average Bonchev–Trinajstić information content (AvgIpc) is 3.54. The van der Waals surface area contributed by atoms with E-state index in [1.165, 1.54) is 0 Å². The molecule has 0 bridgehead atoms. The molecule has 0 spiro atoms. The molecular weight excluding hydrogens is 578 g/mol. The molecule has 3 heterocycles. The Morgan fingerprint density at radius 3 is 2.74 bits per heavy atom. The van der Waals surface area contributed by atoms with Crippen molar-refractivity contribution in [1.29, 1.82) is 0 Å². The van der Waals surface area contributed by atoms with Gasteiger partial charge in [-0.25, -0.2) is 9.13 Å². The van der Waals surface area contributed by atoms with Crippen LogP contribution in [0, 0.1) is 6.92 Å². The molecule has 1 N–H and O–H groups in total. The normalized spacial score (nSPS) is 18.7. The molecule has 1 fully saturated rings. The van der Waals surface area contributed by atoms with Crippen molar-refractivity contribution in [2.24, 2.45) is 0 Å². The lowest BCUT2D eigenvalue weighted by atomic mass is 10.0. The summed E-state index contributed by atoms with van der Waals surface area (Å²) in [6.45, 7) is 12.4. The van der Waals surface area contributed by atoms with Gasteiger partial charge in [0.15, 0.2) is 5.75 Å². The van der Waals surface area contributed by atoms with Gasteiger partial charge in [0, 0.05) is 18.1 Å². The standard InChI is InChI=1S/C24H34IN6O3P/c1-14(2)23-20(13-26-31(23)35-25)33-17-8-7-16(10-17)19-12-21(30(28-19)24(4,5)6)27-22(32)11-18-9-15(3)29-34-18/h9,12-14,16-17,35H,7-8,10-11H2,1-6H3,(H,27,32). The predicted octanol–water partition coefficient (Wildman–Crippen LogP) is 5.94. The van der Waals surface area contributed by atoms with Crippen LogP contribution in [0.3, 0.4) is 0 Å². The molecule has 3 aromatic rings. The average molecular weight is 612 g/mol. The van der Waals surface area contributed by atoms with Gasteiger partial charge in [0.25, 0.3) is 0 Å². The summed E-state index contributed by atoms with van der Waals surface area (Å²) in [6, 6.07) is 3.79. The number of anilines is 1. The number of halogens is 1. The first-order chi connectivity index (χ1) is 16.5. The number of nitrogens with one attached hydrogen (secondary N) is 1. The highest BCUT2D eigenvalue weighted by Gasteiger charge is 2.32. The lowest BCUT2D eigenvalue weighted by Crippen LogP contribution is -2.27. The number of nitrogens with zero attached hydrogens (tertiary/aromatic N) is 5. The first kappa shape index (κ1) is 26.1. The number of carbonyl (C=O) groups excluding carboxylic acids is 1. The largest absolute Gasteiger partial charge is 0.487 e. The summed E-state index contributed by atoms with van der Waals surface area (Å²) in [5, 5.41) is 16.3. The third-order valence-corrected chi connectivity index (χ3v) is 8.02. The first-order valence-corrected chi connectivity index (χ1v) is 16.0. The summed E-state index contributed by atoms with van der Waals surface area (Å²) in [6.07, 6.45) is 5.52. The Bertz CT molecular complexity index is 1180. The van der Waals surface area contributed by atoms with Gasteiger partial charge in [-0.15, -0.1) is 0 Å². The minimum Gasteiger partial charge on any atom is -0.487 e. The summed E-state index contributed by atoms with van der Waals surface area (Å²) in [5.74, 6) is 2.61. The van der Waals surface area contributed by atoms with Crippen molar-refractivity contribution in [2.75, 3.05) is 5.32 Å². The molecule has 0 aliphatic heterocycles. The number of hydrogen-bond acceptors (Lipinski definition) is 6. The second kappa shape index (κ2) is 10.6. The van der Waals surface area contributed by atoms with E-state index in [1.54, 1.807) is 6.07 Å². The van der Waals surface area contributed by atoms with Gasteiger partial charge in [-0.05, 0) is 74.9 Å². The van der Waals surface area contributed by atoms with Crippen LogP contribution in [0.5, 0.6) is 5.75 Å². The van der Waals surface area contributed by atoms with E-state index < -0.39 is 0 Å². The summed E-state index contributed by atoms with van der Waals surface area (Å²) in [4.78, 5) is 12.7. The van der Waals surface area contributed by atoms with Crippen LogP contribution in [0.1, 0.15) is 88.6 Å². The molecule has 4 rings (SSSR count). The summed E-state index contributed by atoms with van der Waals surface area (Å²) < 4.78 is 15.6. The third-order valence-electron chi connectivity index (χ3n) is 6.14. The van der Waals surface area contributed by atoms with Crippen LogP contribution in [0.25, 0.3) is 0 Å². The van der Waals surface area contributed by atoms with Crippen LogP contribution in [-0.2, 0) is 16.8 Å². The van der Waals surface area contributed by atoms with Gasteiger partial charge in [-0.2, -0.15) is 10.2 Å². The molecule has 1 saturated carbocycles. The number of ether oxygens (including phenoxy) is 1. The smallest absolute Gasteiger partial charge is 0.233 e. The van der Waals surface area contributed by atoms with Crippen LogP contribution < -0.4 is 10.1 Å². The van der Waals surface area contributed by atoms with Gasteiger partial charge in [0.2, 0.25) is 5.91 Å². The number of carbonyl (C=O) groups is 1. The Labute approximate surface area is 221 Å². The first-order valence-electron chi connectivity index (χ1n) is 12.0. The minimum absolute atomic E-state index is 0.125. The Hall–Kier alpha value is -1.94. The second-order valence-electron chi connectivity index (χ2n) is 10.5. The fourth-order valence-corrected chi connectivity index (χ4v) is 6.28. The van der Waals surface area contributed by atoms with Crippen LogP contribution in [0.2, 0.25) is 0 Å². The Kier molecular flexibility index (Phi) is 7.90. The monoisotopic (exact) mass is 612 g/mol. The fraction of sp³-hybridized carbons (Fsp3) is 0.583. The maximum atomic E-state index is 12.7. The SMILES string of the molecule is Cc1cc(CC(=O)Nc2cc(C3CCC(Oc4cnn(PI)c4C(C)C)C3)nn2C(C)(C)C)on1. The van der Waals surface area contributed by atoms with E-state index in [1.807, 2.05) is 28.3 Å². The lowest BCUT2D eigenvalue weighted by Gasteiger charge is -2.22. The van der Waals surface area contributed by atoms with Crippen LogP contribution >= 0.6 is 28.4 Å². The minimum atomic E-state index is -0.279. The van der Waals surface area contributed by atoms with E-state index in [2.05, 4.69) is 72.2 Å². The molecule has 1 aliphatic carbocycles. The van der Waals surface area contributed by atoms with E-state index in [0.29, 0.717) is 23.9 Å². The van der Waals surface area contributed by atoms with Gasteiger partial charge in [-0.1, -0.05) is 19.0 Å². The highest BCUT2D eigenvalue weighted by atomic mass is 127. The lowest BCUT2D eigenvalue weighted by molar-refractivity contribution is -0.115. The summed E-state index contributed by atoms with van der Waals surface area (Å²) >= 11 is 2.35. The Balaban J connectivity index is 1.47. The molecule has 11 heteroatoms. The van der Waals surface area contributed by atoms with Gasteiger partial charge in [0.05, 0.1) is 47.7 Å². The molecule has 0 saturated heterocycles. The molecular formula is C24H34IN6O3P. The molecule has 0 radical (unpaired) electrons. The second-order valence-corrected chi connectivity index (χ2v) is 12.5. The van der Waals surface area contributed by atoms with Crippen molar-refractivity contribution < 1.29 is 14.1 Å². The van der Waals surface area contributed by atoms with Crippen molar-refractivity contribution in [1.82, 2.24) is 24.5 Å². The van der Waals surface area contributed by atoms with Crippen molar-refractivity contribution in [3.8, 4) is 5.75 Å². The predicted molar refractivity (Wildman–Crippen MR) is 146 cm³/mol. The van der Waals surface area contributed by atoms with Gasteiger partial charge in [0.1, 0.15) is 11.6 Å². The van der Waals surface area contributed by atoms with Crippen LogP contribution in [0.15, 0.2) is 22.9 Å². The van der Waals surface area contributed by atoms with E-state index in [9.17, 15) is 4.79 Å². The van der Waals surface area contributed by atoms with E-state index in [-0.39, 0.29) is 29.9 Å². The Morgan fingerprint density at radius 2 is 2.11 bits per heavy atom. The van der Waals surface area contributed by atoms with Crippen molar-refractivity contribution in [3.63, 3.8) is 0 Å². The molecule has 3 unspecified atom stereocenters. The highest BCUT2D eigenvalue weighted by molar-refractivity contribution is 14.2. The molecule has 0 aromatic carbocycles. The summed E-state index contributed by atoms with van der Waals surface area (Å²) in [5.41, 5.74) is 2.63. The van der Waals surface area contributed by atoms with Gasteiger partial charge >= 0.3 is 0 Å². The number of aromatic nitrogens is 5. The van der Waals surface area contributed by atoms with E-state index in [4.69, 9.17) is 14.4 Å². The molecule has 9 nitrogen and oxygen atoms in total. The highest BCUT2D eigenvalue weighted by Crippen LogP contribution is 2.40. The zero-order valence-corrected chi connectivity index (χ0v) is 24.3. The zero-order chi connectivity index (χ0) is 25.3. The van der Waals surface area contributed by atoms with Crippen molar-refractivity contribution in [2.45, 2.75) is 90.7 Å². The molecule has 35 heavy (non-hydrogen) atoms. The Morgan fingerprint density at radius 1 is 1.34 bits per heavy atom. The molecule has 1 amide bonds. The summed E-state index contributed by atoms with van der Waals surface area (Å²) in [7, 11) is 0. The van der Waals surface area contributed by atoms with E-state index >= 15 is 0 Å². The number of rotatable bonds is 8. The van der Waals surface area contributed by atoms with E-state index in [0.717, 1.165) is 42.1 Å². The third kappa shape index (κ3) is 6.07. The quantitative estimate of drug-likeness (QED) is 0.250. The van der Waals surface area contributed by atoms with Crippen molar-refractivity contribution >= 4 is 40.1 Å². The van der Waals surface area contributed by atoms with Crippen molar-refractivity contribution in [3.05, 3.63) is 41.2 Å². The number of hydrogen-bond donors (Lipinski definition) is 1. The van der Waals surface area contributed by atoms with Crippen LogP contribution in [-0.4, -0.2) is 36.5 Å².